The van der Waals surface area contributed by atoms with Gasteiger partial charge in [-0.25, -0.2) is 5.26 Å². The van der Waals surface area contributed by atoms with Crippen LogP contribution in [0.3, 0.4) is 0 Å². The van der Waals surface area contributed by atoms with Crippen LogP contribution in [-0.4, -0.2) is 12.5 Å². The molecule has 1 saturated carbocycles. The van der Waals surface area contributed by atoms with Gasteiger partial charge in [-0.3, -0.25) is 4.79 Å². The van der Waals surface area contributed by atoms with E-state index in [4.69, 9.17) is 5.26 Å². The third-order valence-electron chi connectivity index (χ3n) is 3.30. The number of hydrogen-bond acceptors (Lipinski definition) is 2. The molecule has 3 heteroatoms. The number of carbonyl (C=O) groups excluding carboxylic acids is 1. The highest BCUT2D eigenvalue weighted by molar-refractivity contribution is 5.46. The van der Waals surface area contributed by atoms with E-state index < -0.39 is 0 Å². The highest BCUT2D eigenvalue weighted by Crippen LogP contribution is 2.33. The molecule has 1 aliphatic rings. The summed E-state index contributed by atoms with van der Waals surface area (Å²) in [5, 5.41) is 9.47. The zero-order chi connectivity index (χ0) is 11.8. The molecule has 3 nitrogen and oxygen atoms in total. The molecule has 0 saturated heterocycles. The molecule has 15 heavy (non-hydrogen) atoms. The summed E-state index contributed by atoms with van der Waals surface area (Å²) in [5.74, 6) is 2.14. The number of rotatable bonds is 3. The maximum Gasteiger partial charge on any atom is 0.207 e. The first kappa shape index (κ1) is 14.0. The number of nitriles is 1. The van der Waals surface area contributed by atoms with Crippen molar-refractivity contribution in [3.8, 4) is 6.57 Å². The number of nitrogens with one attached hydrogen (secondary N) is 1. The first-order valence-corrected chi connectivity index (χ1v) is 5.60. The molecule has 0 spiro atoms. The summed E-state index contributed by atoms with van der Waals surface area (Å²) in [4.78, 5) is 10.4. The Bertz CT molecular complexity index is 201. The van der Waals surface area contributed by atoms with Crippen molar-refractivity contribution in [2.24, 2.45) is 17.8 Å². The lowest BCUT2D eigenvalue weighted by atomic mass is 9.74. The Hall–Kier alpha value is -1.04. The maximum atomic E-state index is 10.4. The normalized spacial score (nSPS) is 30.1. The van der Waals surface area contributed by atoms with Crippen molar-refractivity contribution in [3.63, 3.8) is 0 Å². The van der Waals surface area contributed by atoms with Crippen LogP contribution >= 0.6 is 0 Å². The van der Waals surface area contributed by atoms with E-state index >= 15 is 0 Å². The van der Waals surface area contributed by atoms with E-state index in [-0.39, 0.29) is 0 Å². The van der Waals surface area contributed by atoms with Gasteiger partial charge in [0, 0.05) is 12.6 Å². The average Bonchev–Trinajstić information content (AvgIpc) is 2.21. The van der Waals surface area contributed by atoms with E-state index in [9.17, 15) is 4.79 Å². The Labute approximate surface area is 92.9 Å². The van der Waals surface area contributed by atoms with Crippen molar-refractivity contribution in [2.75, 3.05) is 0 Å². The van der Waals surface area contributed by atoms with Crippen LogP contribution in [0.5, 0.6) is 0 Å². The van der Waals surface area contributed by atoms with Crippen LogP contribution in [0.1, 0.15) is 40.0 Å². The highest BCUT2D eigenvalue weighted by atomic mass is 16.1. The Balaban J connectivity index is 0.000000921. The smallest absolute Gasteiger partial charge is 0.207 e. The maximum absolute atomic E-state index is 10.4. The fraction of sp³-hybridized carbons (Fsp3) is 0.833. The van der Waals surface area contributed by atoms with Crippen LogP contribution in [0.4, 0.5) is 0 Å². The van der Waals surface area contributed by atoms with Gasteiger partial charge in [0.25, 0.3) is 0 Å². The first-order valence-electron chi connectivity index (χ1n) is 5.60. The van der Waals surface area contributed by atoms with Gasteiger partial charge >= 0.3 is 0 Å². The van der Waals surface area contributed by atoms with Crippen LogP contribution in [-0.2, 0) is 4.79 Å². The summed E-state index contributed by atoms with van der Waals surface area (Å²) in [6.07, 6.45) is 4.60. The fourth-order valence-electron chi connectivity index (χ4n) is 2.48. The van der Waals surface area contributed by atoms with Crippen molar-refractivity contribution >= 4 is 6.41 Å². The van der Waals surface area contributed by atoms with Crippen LogP contribution in [0, 0.1) is 29.6 Å². The third kappa shape index (κ3) is 4.33. The molecule has 1 fully saturated rings. The van der Waals surface area contributed by atoms with Crippen molar-refractivity contribution in [2.45, 2.75) is 46.1 Å². The predicted molar refractivity (Wildman–Crippen MR) is 61.0 cm³/mol. The van der Waals surface area contributed by atoms with E-state index in [2.05, 4.69) is 32.7 Å². The first-order chi connectivity index (χ1) is 7.15. The summed E-state index contributed by atoms with van der Waals surface area (Å²) >= 11 is 0. The molecule has 3 atom stereocenters. The van der Waals surface area contributed by atoms with Crippen LogP contribution in [0.2, 0.25) is 0 Å². The monoisotopic (exact) mass is 210 g/mol. The molecule has 1 aliphatic carbocycles. The van der Waals surface area contributed by atoms with Gasteiger partial charge in [-0.05, 0) is 30.6 Å². The molecule has 0 heterocycles. The van der Waals surface area contributed by atoms with Gasteiger partial charge < -0.3 is 5.32 Å². The van der Waals surface area contributed by atoms with Crippen molar-refractivity contribution < 1.29 is 4.79 Å². The molecule has 1 amide bonds. The third-order valence-corrected chi connectivity index (χ3v) is 3.30. The number of hydrogen-bond donors (Lipinski definition) is 1. The largest absolute Gasteiger partial charge is 0.356 e. The molecule has 0 aromatic heterocycles. The highest BCUT2D eigenvalue weighted by Gasteiger charge is 2.29. The van der Waals surface area contributed by atoms with Crippen LogP contribution in [0.15, 0.2) is 0 Å². The van der Waals surface area contributed by atoms with E-state index in [1.807, 2.05) is 0 Å². The topological polar surface area (TPSA) is 52.9 Å². The van der Waals surface area contributed by atoms with Crippen molar-refractivity contribution in [1.29, 1.82) is 5.26 Å². The Morgan fingerprint density at radius 3 is 2.47 bits per heavy atom. The number of carbonyl (C=O) groups is 1. The quantitative estimate of drug-likeness (QED) is 0.727. The Kier molecular flexibility index (Phi) is 6.77. The number of nitrogens with zero attached hydrogens (tertiary/aromatic N) is 1. The van der Waals surface area contributed by atoms with E-state index in [0.29, 0.717) is 17.9 Å². The van der Waals surface area contributed by atoms with Gasteiger partial charge in [0.15, 0.2) is 0 Å². The van der Waals surface area contributed by atoms with Crippen LogP contribution < -0.4 is 5.32 Å². The van der Waals surface area contributed by atoms with Crippen LogP contribution in [0.25, 0.3) is 0 Å². The molecule has 1 rings (SSSR count). The van der Waals surface area contributed by atoms with Gasteiger partial charge in [-0.1, -0.05) is 27.2 Å². The zero-order valence-corrected chi connectivity index (χ0v) is 9.94. The van der Waals surface area contributed by atoms with Gasteiger partial charge in [0.1, 0.15) is 0 Å². The lowest BCUT2D eigenvalue weighted by molar-refractivity contribution is -0.111. The van der Waals surface area contributed by atoms with E-state index in [1.165, 1.54) is 12.8 Å². The summed E-state index contributed by atoms with van der Waals surface area (Å²) in [6, 6.07) is 0.418. The fourth-order valence-corrected chi connectivity index (χ4v) is 2.48. The Morgan fingerprint density at radius 2 is 2.00 bits per heavy atom. The molecule has 0 aliphatic heterocycles. The van der Waals surface area contributed by atoms with E-state index in [1.54, 1.807) is 0 Å². The minimum Gasteiger partial charge on any atom is -0.356 e. The second-order valence-electron chi connectivity index (χ2n) is 4.72. The molecule has 1 N–H and O–H groups in total. The molecule has 3 unspecified atom stereocenters. The summed E-state index contributed by atoms with van der Waals surface area (Å²) in [5.41, 5.74) is 0. The predicted octanol–water partition coefficient (Wildman–Crippen LogP) is 2.33. The molecule has 0 aromatic carbocycles. The molecule has 0 aromatic rings. The lowest BCUT2D eigenvalue weighted by Crippen LogP contribution is -2.42. The standard InChI is InChI=1S/C11H21NO.CHN/c1-8(2)10-5-4-9(3)6-11(10)12-7-13;1-2/h7-11H,4-6H2,1-3H3,(H,12,13);1H. The lowest BCUT2D eigenvalue weighted by Gasteiger charge is -2.36. The minimum atomic E-state index is 0.418. The summed E-state index contributed by atoms with van der Waals surface area (Å²) in [6.45, 7) is 10.3. The summed E-state index contributed by atoms with van der Waals surface area (Å²) < 4.78 is 0. The Morgan fingerprint density at radius 1 is 1.40 bits per heavy atom. The average molecular weight is 210 g/mol. The molecular weight excluding hydrogens is 188 g/mol. The molecule has 86 valence electrons. The molecule has 0 radical (unpaired) electrons. The number of amides is 1. The van der Waals surface area contributed by atoms with Crippen molar-refractivity contribution in [3.05, 3.63) is 0 Å². The van der Waals surface area contributed by atoms with Gasteiger partial charge in [0.05, 0.1) is 0 Å². The van der Waals surface area contributed by atoms with Gasteiger partial charge in [-0.2, -0.15) is 0 Å². The van der Waals surface area contributed by atoms with Gasteiger partial charge in [0.2, 0.25) is 6.41 Å². The van der Waals surface area contributed by atoms with Crippen molar-refractivity contribution in [1.82, 2.24) is 5.32 Å². The second-order valence-corrected chi connectivity index (χ2v) is 4.72. The zero-order valence-electron chi connectivity index (χ0n) is 9.94. The van der Waals surface area contributed by atoms with Gasteiger partial charge in [-0.15, -0.1) is 0 Å². The summed E-state index contributed by atoms with van der Waals surface area (Å²) in [7, 11) is 0. The minimum absolute atomic E-state index is 0.418. The molecular formula is C12H22N2O. The van der Waals surface area contributed by atoms with E-state index in [0.717, 1.165) is 18.7 Å². The molecule has 0 bridgehead atoms. The SMILES string of the molecule is C#N.CC1CCC(C(C)C)C(NC=O)C1. The second kappa shape index (κ2) is 7.28.